The first kappa shape index (κ1) is 30.4. The third-order valence-corrected chi connectivity index (χ3v) is 11.4. The number of hydrogen-bond acceptors (Lipinski definition) is 2. The Balaban J connectivity index is 1.30. The fourth-order valence-corrected chi connectivity index (χ4v) is 9.11. The monoisotopic (exact) mass is 679 g/mol. The number of anilines is 3. The highest BCUT2D eigenvalue weighted by Crippen LogP contribution is 2.50. The molecule has 0 saturated carbocycles. The van der Waals surface area contributed by atoms with Gasteiger partial charge in [-0.15, -0.1) is 11.3 Å². The van der Waals surface area contributed by atoms with Crippen molar-refractivity contribution in [2.75, 3.05) is 4.90 Å². The lowest BCUT2D eigenvalue weighted by Gasteiger charge is -2.31. The second-order valence-electron chi connectivity index (χ2n) is 13.2. The molecule has 9 aromatic carbocycles. The largest absolute Gasteiger partial charge is 0.309 e. The van der Waals surface area contributed by atoms with Crippen LogP contribution >= 0.6 is 11.3 Å². The van der Waals surface area contributed by atoms with Crippen LogP contribution in [0.3, 0.4) is 0 Å². The van der Waals surface area contributed by atoms with E-state index in [0.29, 0.717) is 0 Å². The van der Waals surface area contributed by atoms with Crippen molar-refractivity contribution in [3.8, 4) is 33.4 Å². The zero-order valence-corrected chi connectivity index (χ0v) is 29.2. The number of fused-ring (bicyclic) bond motifs is 6. The maximum absolute atomic E-state index is 2.53. The molecule has 0 saturated heterocycles. The molecular formula is C50H33NS. The Labute approximate surface area is 307 Å². The van der Waals surface area contributed by atoms with E-state index in [1.165, 1.54) is 80.8 Å². The zero-order valence-electron chi connectivity index (χ0n) is 28.4. The standard InChI is InChI=1S/C50H33NS/c1-2-17-34(18-3-1)36-20-6-7-22-38(36)40-24-8-9-25-41(40)42-26-12-14-29-45(42)51(46-30-16-32-49-50(46)44-28-13-15-31-48(44)52-49)47-33-35-19-4-5-21-37(35)39-23-10-11-27-43(39)47/h1-33H. The van der Waals surface area contributed by atoms with Gasteiger partial charge in [0, 0.05) is 31.1 Å². The fourth-order valence-electron chi connectivity index (χ4n) is 7.99. The number of nitrogens with zero attached hydrogens (tertiary/aromatic N) is 1. The van der Waals surface area contributed by atoms with Crippen molar-refractivity contribution in [1.82, 2.24) is 0 Å². The molecule has 0 fully saturated rings. The van der Waals surface area contributed by atoms with Crippen LogP contribution < -0.4 is 4.90 Å². The average molecular weight is 680 g/mol. The molecule has 52 heavy (non-hydrogen) atoms. The van der Waals surface area contributed by atoms with Crippen molar-refractivity contribution in [1.29, 1.82) is 0 Å². The molecule has 0 aliphatic rings. The number of rotatable bonds is 6. The van der Waals surface area contributed by atoms with E-state index in [9.17, 15) is 0 Å². The highest BCUT2D eigenvalue weighted by molar-refractivity contribution is 7.26. The van der Waals surface area contributed by atoms with Crippen LogP contribution in [0.1, 0.15) is 0 Å². The average Bonchev–Trinajstić information content (AvgIpc) is 3.61. The molecule has 10 rings (SSSR count). The summed E-state index contributed by atoms with van der Waals surface area (Å²) in [6.45, 7) is 0. The van der Waals surface area contributed by atoms with E-state index in [1.54, 1.807) is 0 Å². The quantitative estimate of drug-likeness (QED) is 0.158. The van der Waals surface area contributed by atoms with Crippen molar-refractivity contribution in [3.05, 3.63) is 200 Å². The molecule has 1 aromatic heterocycles. The molecule has 0 spiro atoms. The fraction of sp³-hybridized carbons (Fsp3) is 0. The number of hydrogen-bond donors (Lipinski definition) is 0. The van der Waals surface area contributed by atoms with Crippen LogP contribution in [0.15, 0.2) is 200 Å². The van der Waals surface area contributed by atoms with E-state index in [1.807, 2.05) is 11.3 Å². The molecule has 0 amide bonds. The Morgan fingerprint density at radius 2 is 0.827 bits per heavy atom. The molecule has 0 radical (unpaired) electrons. The Morgan fingerprint density at radius 1 is 0.308 bits per heavy atom. The van der Waals surface area contributed by atoms with E-state index in [0.717, 1.165) is 11.4 Å². The minimum Gasteiger partial charge on any atom is -0.309 e. The van der Waals surface area contributed by atoms with Crippen LogP contribution in [0, 0.1) is 0 Å². The second kappa shape index (κ2) is 12.7. The molecule has 10 aromatic rings. The summed E-state index contributed by atoms with van der Waals surface area (Å²) >= 11 is 1.86. The first-order valence-electron chi connectivity index (χ1n) is 17.8. The summed E-state index contributed by atoms with van der Waals surface area (Å²) in [5.74, 6) is 0. The summed E-state index contributed by atoms with van der Waals surface area (Å²) in [5.41, 5.74) is 10.7. The van der Waals surface area contributed by atoms with Gasteiger partial charge in [-0.2, -0.15) is 0 Å². The summed E-state index contributed by atoms with van der Waals surface area (Å²) in [6, 6.07) is 73.0. The Bertz CT molecular complexity index is 2920. The van der Waals surface area contributed by atoms with E-state index < -0.39 is 0 Å². The zero-order chi connectivity index (χ0) is 34.4. The predicted octanol–water partition coefficient (Wildman–Crippen LogP) is 14.8. The molecule has 0 N–H and O–H groups in total. The SMILES string of the molecule is c1ccc(-c2ccccc2-c2ccccc2-c2ccccc2N(c2cc3ccccc3c3ccccc23)c2cccc3sc4ccccc4c23)cc1. The third kappa shape index (κ3) is 4.99. The van der Waals surface area contributed by atoms with Crippen LogP contribution in [-0.2, 0) is 0 Å². The van der Waals surface area contributed by atoms with E-state index in [4.69, 9.17) is 0 Å². The van der Waals surface area contributed by atoms with Gasteiger partial charge in [0.05, 0.1) is 17.1 Å². The molecule has 0 atom stereocenters. The molecule has 244 valence electrons. The van der Waals surface area contributed by atoms with Crippen LogP contribution in [0.2, 0.25) is 0 Å². The molecule has 1 heterocycles. The summed E-state index contributed by atoms with van der Waals surface area (Å²) in [5, 5.41) is 7.50. The molecule has 0 aliphatic heterocycles. The molecular weight excluding hydrogens is 647 g/mol. The molecule has 0 bridgehead atoms. The van der Waals surface area contributed by atoms with Gasteiger partial charge in [0.15, 0.2) is 0 Å². The topological polar surface area (TPSA) is 3.24 Å². The van der Waals surface area contributed by atoms with Gasteiger partial charge in [-0.25, -0.2) is 0 Å². The smallest absolute Gasteiger partial charge is 0.0555 e. The van der Waals surface area contributed by atoms with Crippen molar-refractivity contribution in [2.24, 2.45) is 0 Å². The number of para-hydroxylation sites is 1. The number of benzene rings is 9. The molecule has 0 unspecified atom stereocenters. The van der Waals surface area contributed by atoms with Crippen molar-refractivity contribution in [3.63, 3.8) is 0 Å². The second-order valence-corrected chi connectivity index (χ2v) is 14.3. The summed E-state index contributed by atoms with van der Waals surface area (Å²) in [7, 11) is 0. The molecule has 2 heteroatoms. The van der Waals surface area contributed by atoms with Gasteiger partial charge in [-0.05, 0) is 74.3 Å². The summed E-state index contributed by atoms with van der Waals surface area (Å²) in [6.07, 6.45) is 0. The lowest BCUT2D eigenvalue weighted by molar-refractivity contribution is 1.32. The van der Waals surface area contributed by atoms with E-state index in [2.05, 4.69) is 205 Å². The first-order chi connectivity index (χ1) is 25.8. The van der Waals surface area contributed by atoms with Gasteiger partial charge in [0.1, 0.15) is 0 Å². The van der Waals surface area contributed by atoms with Gasteiger partial charge >= 0.3 is 0 Å². The Morgan fingerprint density at radius 3 is 1.62 bits per heavy atom. The number of thiophene rings is 1. The van der Waals surface area contributed by atoms with Crippen molar-refractivity contribution >= 4 is 70.1 Å². The van der Waals surface area contributed by atoms with Gasteiger partial charge in [-0.1, -0.05) is 170 Å². The van der Waals surface area contributed by atoms with Gasteiger partial charge in [-0.3, -0.25) is 0 Å². The van der Waals surface area contributed by atoms with Crippen LogP contribution in [0.5, 0.6) is 0 Å². The normalized spacial score (nSPS) is 11.5. The lowest BCUT2D eigenvalue weighted by atomic mass is 9.88. The van der Waals surface area contributed by atoms with Gasteiger partial charge in [0.25, 0.3) is 0 Å². The third-order valence-electron chi connectivity index (χ3n) is 10.3. The van der Waals surface area contributed by atoms with Gasteiger partial charge in [0.2, 0.25) is 0 Å². The minimum atomic E-state index is 1.13. The Hall–Kier alpha value is -6.48. The minimum absolute atomic E-state index is 1.13. The maximum Gasteiger partial charge on any atom is 0.0555 e. The lowest BCUT2D eigenvalue weighted by Crippen LogP contribution is -2.12. The Kier molecular flexibility index (Phi) is 7.41. The predicted molar refractivity (Wildman–Crippen MR) is 225 cm³/mol. The maximum atomic E-state index is 2.53. The van der Waals surface area contributed by atoms with Crippen LogP contribution in [0.25, 0.3) is 75.1 Å². The highest BCUT2D eigenvalue weighted by Gasteiger charge is 2.24. The molecule has 0 aliphatic carbocycles. The van der Waals surface area contributed by atoms with E-state index >= 15 is 0 Å². The highest BCUT2D eigenvalue weighted by atomic mass is 32.1. The molecule has 1 nitrogen and oxygen atoms in total. The first-order valence-corrected chi connectivity index (χ1v) is 18.6. The van der Waals surface area contributed by atoms with Crippen molar-refractivity contribution in [2.45, 2.75) is 0 Å². The summed E-state index contributed by atoms with van der Waals surface area (Å²) < 4.78 is 2.58. The van der Waals surface area contributed by atoms with Crippen molar-refractivity contribution < 1.29 is 0 Å². The van der Waals surface area contributed by atoms with E-state index in [-0.39, 0.29) is 0 Å². The van der Waals surface area contributed by atoms with Gasteiger partial charge < -0.3 is 4.90 Å². The van der Waals surface area contributed by atoms with Crippen LogP contribution in [0.4, 0.5) is 17.1 Å². The summed E-state index contributed by atoms with van der Waals surface area (Å²) in [4.78, 5) is 2.53. The van der Waals surface area contributed by atoms with Crippen LogP contribution in [-0.4, -0.2) is 0 Å².